The van der Waals surface area contributed by atoms with Crippen molar-refractivity contribution in [1.82, 2.24) is 10.2 Å². The van der Waals surface area contributed by atoms with Crippen LogP contribution in [0.25, 0.3) is 0 Å². The lowest BCUT2D eigenvalue weighted by Crippen LogP contribution is -2.57. The largest absolute Gasteiger partial charge is 0.376 e. The van der Waals surface area contributed by atoms with Crippen LogP contribution in [-0.2, 0) is 19.1 Å². The first-order valence-corrected chi connectivity index (χ1v) is 10.3. The van der Waals surface area contributed by atoms with Crippen molar-refractivity contribution >= 4 is 11.8 Å². The molecule has 3 rings (SSSR count). The normalized spacial score (nSPS) is 34.6. The van der Waals surface area contributed by atoms with Crippen molar-refractivity contribution in [2.75, 3.05) is 19.8 Å². The van der Waals surface area contributed by atoms with E-state index in [0.29, 0.717) is 25.5 Å². The molecule has 1 N–H and O–H groups in total. The van der Waals surface area contributed by atoms with E-state index in [9.17, 15) is 9.59 Å². The van der Waals surface area contributed by atoms with Crippen LogP contribution in [0.3, 0.4) is 0 Å². The van der Waals surface area contributed by atoms with Gasteiger partial charge in [-0.25, -0.2) is 0 Å². The summed E-state index contributed by atoms with van der Waals surface area (Å²) in [6.07, 6.45) is 6.44. The standard InChI is InChI=1S/C20H34N2O4/c1-14(2)10-18(23)22-17(19(24)21-12-16-7-5-9-25-16)13-26-20(22)8-4-6-15(3)11-20/h14-17H,4-13H2,1-3H3,(H,21,24). The van der Waals surface area contributed by atoms with Gasteiger partial charge >= 0.3 is 0 Å². The Morgan fingerprint density at radius 3 is 2.73 bits per heavy atom. The molecule has 6 nitrogen and oxygen atoms in total. The first kappa shape index (κ1) is 19.6. The van der Waals surface area contributed by atoms with Crippen LogP contribution in [0.4, 0.5) is 0 Å². The molecule has 0 aromatic heterocycles. The molecule has 2 aliphatic heterocycles. The van der Waals surface area contributed by atoms with Gasteiger partial charge in [0.1, 0.15) is 11.8 Å². The van der Waals surface area contributed by atoms with Crippen LogP contribution in [-0.4, -0.2) is 54.3 Å². The maximum atomic E-state index is 13.1. The van der Waals surface area contributed by atoms with Crippen molar-refractivity contribution in [2.45, 2.75) is 83.6 Å². The molecule has 2 amide bonds. The van der Waals surface area contributed by atoms with Crippen molar-refractivity contribution in [3.8, 4) is 0 Å². The molecule has 1 aliphatic carbocycles. The van der Waals surface area contributed by atoms with Crippen molar-refractivity contribution < 1.29 is 19.1 Å². The summed E-state index contributed by atoms with van der Waals surface area (Å²) in [4.78, 5) is 27.7. The van der Waals surface area contributed by atoms with Gasteiger partial charge < -0.3 is 14.8 Å². The highest BCUT2D eigenvalue weighted by Crippen LogP contribution is 2.43. The molecular formula is C20H34N2O4. The summed E-state index contributed by atoms with van der Waals surface area (Å²) in [7, 11) is 0. The monoisotopic (exact) mass is 366 g/mol. The molecule has 2 saturated heterocycles. The summed E-state index contributed by atoms with van der Waals surface area (Å²) in [5.41, 5.74) is -0.588. The zero-order valence-electron chi connectivity index (χ0n) is 16.5. The van der Waals surface area contributed by atoms with Crippen molar-refractivity contribution in [1.29, 1.82) is 0 Å². The molecule has 2 heterocycles. The fourth-order valence-electron chi connectivity index (χ4n) is 4.67. The van der Waals surface area contributed by atoms with E-state index in [-0.39, 0.29) is 23.8 Å². The van der Waals surface area contributed by atoms with Gasteiger partial charge in [-0.1, -0.05) is 27.2 Å². The van der Waals surface area contributed by atoms with E-state index in [1.54, 1.807) is 4.90 Å². The average molecular weight is 367 g/mol. The van der Waals surface area contributed by atoms with Crippen LogP contribution in [0.5, 0.6) is 0 Å². The zero-order chi connectivity index (χ0) is 18.7. The van der Waals surface area contributed by atoms with Crippen LogP contribution >= 0.6 is 0 Å². The highest BCUT2D eigenvalue weighted by Gasteiger charge is 2.53. The number of hydrogen-bond acceptors (Lipinski definition) is 4. The van der Waals surface area contributed by atoms with Gasteiger partial charge in [0.2, 0.25) is 11.8 Å². The Morgan fingerprint density at radius 2 is 2.08 bits per heavy atom. The molecular weight excluding hydrogens is 332 g/mol. The van der Waals surface area contributed by atoms with Gasteiger partial charge in [-0.2, -0.15) is 0 Å². The summed E-state index contributed by atoms with van der Waals surface area (Å²) < 4.78 is 11.8. The Balaban J connectivity index is 1.72. The lowest BCUT2D eigenvalue weighted by Gasteiger charge is -2.43. The maximum Gasteiger partial charge on any atom is 0.245 e. The Morgan fingerprint density at radius 1 is 1.27 bits per heavy atom. The maximum absolute atomic E-state index is 13.1. The highest BCUT2D eigenvalue weighted by molar-refractivity contribution is 5.89. The second-order valence-electron chi connectivity index (χ2n) is 8.72. The van der Waals surface area contributed by atoms with Crippen molar-refractivity contribution in [2.24, 2.45) is 11.8 Å². The third kappa shape index (κ3) is 4.22. The van der Waals surface area contributed by atoms with E-state index < -0.39 is 11.8 Å². The Kier molecular flexibility index (Phi) is 6.23. The molecule has 26 heavy (non-hydrogen) atoms. The Labute approximate surface area is 157 Å². The number of rotatable bonds is 5. The molecule has 6 heteroatoms. The van der Waals surface area contributed by atoms with Crippen LogP contribution in [0, 0.1) is 11.8 Å². The van der Waals surface area contributed by atoms with Crippen LogP contribution in [0.15, 0.2) is 0 Å². The third-order valence-electron chi connectivity index (χ3n) is 5.87. The predicted molar refractivity (Wildman–Crippen MR) is 98.4 cm³/mol. The summed E-state index contributed by atoms with van der Waals surface area (Å²) >= 11 is 0. The van der Waals surface area contributed by atoms with Crippen molar-refractivity contribution in [3.05, 3.63) is 0 Å². The number of nitrogens with zero attached hydrogens (tertiary/aromatic N) is 1. The van der Waals surface area contributed by atoms with Crippen LogP contribution in [0.1, 0.15) is 65.7 Å². The van der Waals surface area contributed by atoms with E-state index in [1.165, 1.54) is 0 Å². The quantitative estimate of drug-likeness (QED) is 0.812. The third-order valence-corrected chi connectivity index (χ3v) is 5.87. The van der Waals surface area contributed by atoms with E-state index in [1.807, 2.05) is 13.8 Å². The Hall–Kier alpha value is -1.14. The molecule has 0 bridgehead atoms. The van der Waals surface area contributed by atoms with Crippen LogP contribution in [0.2, 0.25) is 0 Å². The topological polar surface area (TPSA) is 67.9 Å². The zero-order valence-corrected chi connectivity index (χ0v) is 16.5. The minimum Gasteiger partial charge on any atom is -0.376 e. The van der Waals surface area contributed by atoms with E-state index in [2.05, 4.69) is 12.2 Å². The molecule has 148 valence electrons. The lowest BCUT2D eigenvalue weighted by atomic mass is 9.83. The fraction of sp³-hybridized carbons (Fsp3) is 0.900. The van der Waals surface area contributed by atoms with E-state index >= 15 is 0 Å². The van der Waals surface area contributed by atoms with Gasteiger partial charge in [0.15, 0.2) is 0 Å². The number of nitrogens with one attached hydrogen (secondary N) is 1. The summed E-state index contributed by atoms with van der Waals surface area (Å²) in [5.74, 6) is 0.708. The molecule has 0 aromatic carbocycles. The molecule has 1 spiro atoms. The van der Waals surface area contributed by atoms with Gasteiger partial charge in [-0.15, -0.1) is 0 Å². The van der Waals surface area contributed by atoms with Crippen LogP contribution < -0.4 is 5.32 Å². The number of carbonyl (C=O) groups excluding carboxylic acids is 2. The predicted octanol–water partition coefficient (Wildman–Crippen LogP) is 2.46. The summed E-state index contributed by atoms with van der Waals surface area (Å²) in [6.45, 7) is 7.88. The first-order chi connectivity index (χ1) is 12.4. The van der Waals surface area contributed by atoms with Gasteiger partial charge in [0, 0.05) is 19.6 Å². The molecule has 4 unspecified atom stereocenters. The first-order valence-electron chi connectivity index (χ1n) is 10.3. The lowest BCUT2D eigenvalue weighted by molar-refractivity contribution is -0.163. The number of ether oxygens (including phenoxy) is 2. The molecule has 3 aliphatic rings. The van der Waals surface area contributed by atoms with E-state index in [0.717, 1.165) is 45.1 Å². The number of hydrogen-bond donors (Lipinski definition) is 1. The molecule has 3 fully saturated rings. The summed E-state index contributed by atoms with van der Waals surface area (Å²) in [6, 6.07) is -0.520. The number of carbonyl (C=O) groups is 2. The van der Waals surface area contributed by atoms with Gasteiger partial charge in [0.05, 0.1) is 12.7 Å². The molecule has 1 saturated carbocycles. The molecule has 0 radical (unpaired) electrons. The van der Waals surface area contributed by atoms with E-state index in [4.69, 9.17) is 9.47 Å². The number of amides is 2. The second-order valence-corrected chi connectivity index (χ2v) is 8.72. The van der Waals surface area contributed by atoms with Crippen molar-refractivity contribution in [3.63, 3.8) is 0 Å². The minimum atomic E-state index is -0.588. The van der Waals surface area contributed by atoms with Gasteiger partial charge in [-0.05, 0) is 43.9 Å². The smallest absolute Gasteiger partial charge is 0.245 e. The fourth-order valence-corrected chi connectivity index (χ4v) is 4.67. The van der Waals surface area contributed by atoms with Gasteiger partial charge in [-0.3, -0.25) is 14.5 Å². The molecule has 0 aromatic rings. The SMILES string of the molecule is CC(C)CC(=O)N1C(C(=O)NCC2CCCO2)COC12CCCC(C)C2. The van der Waals surface area contributed by atoms with Gasteiger partial charge in [0.25, 0.3) is 0 Å². The second kappa shape index (κ2) is 8.26. The Bertz CT molecular complexity index is 518. The average Bonchev–Trinajstić information content (AvgIpc) is 3.20. The summed E-state index contributed by atoms with van der Waals surface area (Å²) in [5, 5.41) is 3.00. The highest BCUT2D eigenvalue weighted by atomic mass is 16.5. The minimum absolute atomic E-state index is 0.0452. The molecule has 4 atom stereocenters.